The van der Waals surface area contributed by atoms with Gasteiger partial charge < -0.3 is 10.1 Å². The molecule has 1 fully saturated rings. The minimum atomic E-state index is -3.45. The number of nitrogens with zero attached hydrogens (tertiary/aromatic N) is 1. The lowest BCUT2D eigenvalue weighted by molar-refractivity contribution is -0.120. The number of piperidine rings is 1. The van der Waals surface area contributed by atoms with Crippen LogP contribution < -0.4 is 10.1 Å². The first-order valence-corrected chi connectivity index (χ1v) is 11.1. The highest BCUT2D eigenvalue weighted by Gasteiger charge is 2.32. The molecule has 1 saturated heterocycles. The lowest BCUT2D eigenvalue weighted by Crippen LogP contribution is -2.44. The Balaban J connectivity index is 1.61. The van der Waals surface area contributed by atoms with Gasteiger partial charge >= 0.3 is 0 Å². The Morgan fingerprint density at radius 1 is 1.14 bits per heavy atom. The molecule has 0 spiro atoms. The van der Waals surface area contributed by atoms with Crippen molar-refractivity contribution in [3.8, 4) is 5.75 Å². The highest BCUT2D eigenvalue weighted by molar-refractivity contribution is 7.88. The number of anilines is 1. The lowest BCUT2D eigenvalue weighted by atomic mass is 9.99. The standard InChI is InChI=1S/C21H26N2O4S/c1-2-27-20-12-10-19(11-13-20)22-21(24)18-9-6-14-23(15-18)28(25,26)16-17-7-4-3-5-8-17/h3-5,7-8,10-13,18H,2,6,9,14-16H2,1H3,(H,22,24)/t18-/m1/s1. The van der Waals surface area contributed by atoms with E-state index in [0.29, 0.717) is 31.7 Å². The number of carbonyl (C=O) groups is 1. The van der Waals surface area contributed by atoms with Gasteiger partial charge in [0.25, 0.3) is 0 Å². The van der Waals surface area contributed by atoms with Crippen LogP contribution in [0.3, 0.4) is 0 Å². The van der Waals surface area contributed by atoms with Crippen molar-refractivity contribution in [2.24, 2.45) is 5.92 Å². The smallest absolute Gasteiger partial charge is 0.228 e. The van der Waals surface area contributed by atoms with Crippen LogP contribution in [0.4, 0.5) is 5.69 Å². The van der Waals surface area contributed by atoms with Crippen molar-refractivity contribution in [1.29, 1.82) is 0 Å². The molecule has 6 nitrogen and oxygen atoms in total. The van der Waals surface area contributed by atoms with Gasteiger partial charge in [-0.2, -0.15) is 0 Å². The molecule has 150 valence electrons. The van der Waals surface area contributed by atoms with Gasteiger partial charge in [-0.15, -0.1) is 0 Å². The summed E-state index contributed by atoms with van der Waals surface area (Å²) in [7, 11) is -3.45. The van der Waals surface area contributed by atoms with Crippen molar-refractivity contribution < 1.29 is 17.9 Å². The molecule has 0 radical (unpaired) electrons. The van der Waals surface area contributed by atoms with Crippen LogP contribution in [0.1, 0.15) is 25.3 Å². The van der Waals surface area contributed by atoms with Crippen molar-refractivity contribution in [1.82, 2.24) is 4.31 Å². The maximum absolute atomic E-state index is 12.8. The van der Waals surface area contributed by atoms with Crippen molar-refractivity contribution in [3.05, 3.63) is 60.2 Å². The fraction of sp³-hybridized carbons (Fsp3) is 0.381. The Morgan fingerprint density at radius 3 is 2.54 bits per heavy atom. The van der Waals surface area contributed by atoms with E-state index in [9.17, 15) is 13.2 Å². The van der Waals surface area contributed by atoms with Crippen molar-refractivity contribution in [2.75, 3.05) is 25.0 Å². The number of benzene rings is 2. The highest BCUT2D eigenvalue weighted by Crippen LogP contribution is 2.23. The first-order chi connectivity index (χ1) is 13.5. The first-order valence-electron chi connectivity index (χ1n) is 9.53. The Hall–Kier alpha value is -2.38. The zero-order chi connectivity index (χ0) is 20.0. The van der Waals surface area contributed by atoms with E-state index in [4.69, 9.17) is 4.74 Å². The summed E-state index contributed by atoms with van der Waals surface area (Å²) in [6, 6.07) is 16.3. The molecule has 1 N–H and O–H groups in total. The van der Waals surface area contributed by atoms with E-state index >= 15 is 0 Å². The predicted molar refractivity (Wildman–Crippen MR) is 110 cm³/mol. The molecular formula is C21H26N2O4S. The molecule has 2 aromatic carbocycles. The van der Waals surface area contributed by atoms with Crippen LogP contribution in [-0.4, -0.2) is 38.3 Å². The second-order valence-corrected chi connectivity index (χ2v) is 8.85. The lowest BCUT2D eigenvalue weighted by Gasteiger charge is -2.31. The molecule has 28 heavy (non-hydrogen) atoms. The van der Waals surface area contributed by atoms with Crippen LogP contribution >= 0.6 is 0 Å². The molecule has 0 saturated carbocycles. The monoisotopic (exact) mass is 402 g/mol. The van der Waals surface area contributed by atoms with Gasteiger partial charge in [-0.05, 0) is 49.6 Å². The zero-order valence-corrected chi connectivity index (χ0v) is 16.8. The van der Waals surface area contributed by atoms with Crippen LogP contribution in [0, 0.1) is 5.92 Å². The fourth-order valence-corrected chi connectivity index (χ4v) is 4.94. The van der Waals surface area contributed by atoms with E-state index in [0.717, 1.165) is 11.3 Å². The molecular weight excluding hydrogens is 376 g/mol. The highest BCUT2D eigenvalue weighted by atomic mass is 32.2. The molecule has 1 atom stereocenters. The molecule has 7 heteroatoms. The average Bonchev–Trinajstić information content (AvgIpc) is 2.70. The van der Waals surface area contributed by atoms with Gasteiger partial charge in [-0.1, -0.05) is 30.3 Å². The van der Waals surface area contributed by atoms with Crippen molar-refractivity contribution in [2.45, 2.75) is 25.5 Å². The van der Waals surface area contributed by atoms with E-state index < -0.39 is 10.0 Å². The average molecular weight is 403 g/mol. The molecule has 0 aromatic heterocycles. The van der Waals surface area contributed by atoms with Crippen molar-refractivity contribution >= 4 is 21.6 Å². The number of rotatable bonds is 7. The van der Waals surface area contributed by atoms with E-state index in [1.54, 1.807) is 36.4 Å². The quantitative estimate of drug-likeness (QED) is 0.771. The summed E-state index contributed by atoms with van der Waals surface area (Å²) in [6.45, 7) is 3.18. The third kappa shape index (κ3) is 5.33. The molecule has 3 rings (SSSR count). The summed E-state index contributed by atoms with van der Waals surface area (Å²) < 4.78 is 32.4. The largest absolute Gasteiger partial charge is 0.494 e. The summed E-state index contributed by atoms with van der Waals surface area (Å²) >= 11 is 0. The number of sulfonamides is 1. The fourth-order valence-electron chi connectivity index (χ4n) is 3.33. The number of hydrogen-bond donors (Lipinski definition) is 1. The van der Waals surface area contributed by atoms with Gasteiger partial charge in [0.1, 0.15) is 5.75 Å². The maximum atomic E-state index is 12.8. The SMILES string of the molecule is CCOc1ccc(NC(=O)[C@@H]2CCCN(S(=O)(=O)Cc3ccccc3)C2)cc1. The van der Waals surface area contributed by atoms with Gasteiger partial charge in [-0.3, -0.25) is 4.79 Å². The summed E-state index contributed by atoms with van der Waals surface area (Å²) in [5.41, 5.74) is 1.43. The van der Waals surface area contributed by atoms with Gasteiger partial charge in [-0.25, -0.2) is 12.7 Å². The van der Waals surface area contributed by atoms with Crippen molar-refractivity contribution in [3.63, 3.8) is 0 Å². The first kappa shape index (κ1) is 20.4. The van der Waals surface area contributed by atoms with Gasteiger partial charge in [0, 0.05) is 18.8 Å². The second-order valence-electron chi connectivity index (χ2n) is 6.89. The second kappa shape index (κ2) is 9.21. The summed E-state index contributed by atoms with van der Waals surface area (Å²) in [4.78, 5) is 12.6. The van der Waals surface area contributed by atoms with Gasteiger partial charge in [0.15, 0.2) is 0 Å². The van der Waals surface area contributed by atoms with E-state index in [2.05, 4.69) is 5.32 Å². The molecule has 1 heterocycles. The molecule has 0 aliphatic carbocycles. The third-order valence-electron chi connectivity index (χ3n) is 4.77. The Kier molecular flexibility index (Phi) is 6.70. The third-order valence-corrected chi connectivity index (χ3v) is 6.59. The number of ether oxygens (including phenoxy) is 1. The Bertz CT molecular complexity index is 882. The van der Waals surface area contributed by atoms with Crippen LogP contribution in [0.15, 0.2) is 54.6 Å². The minimum Gasteiger partial charge on any atom is -0.494 e. The number of hydrogen-bond acceptors (Lipinski definition) is 4. The predicted octanol–water partition coefficient (Wildman–Crippen LogP) is 3.27. The normalized spacial score (nSPS) is 17.8. The maximum Gasteiger partial charge on any atom is 0.228 e. The van der Waals surface area contributed by atoms with Crippen LogP contribution in [0.25, 0.3) is 0 Å². The topological polar surface area (TPSA) is 75.7 Å². The van der Waals surface area contributed by atoms with Crippen LogP contribution in [0.2, 0.25) is 0 Å². The molecule has 1 amide bonds. The van der Waals surface area contributed by atoms with Gasteiger partial charge in [0.05, 0.1) is 18.3 Å². The molecule has 1 aliphatic rings. The summed E-state index contributed by atoms with van der Waals surface area (Å²) in [6.07, 6.45) is 1.36. The van der Waals surface area contributed by atoms with Crippen LogP contribution in [0.5, 0.6) is 5.75 Å². The summed E-state index contributed by atoms with van der Waals surface area (Å²) in [5.74, 6) is 0.201. The minimum absolute atomic E-state index is 0.0406. The van der Waals surface area contributed by atoms with E-state index in [1.807, 2.05) is 25.1 Å². The Morgan fingerprint density at radius 2 is 1.86 bits per heavy atom. The molecule has 2 aromatic rings. The molecule has 1 aliphatic heterocycles. The number of amides is 1. The van der Waals surface area contributed by atoms with Gasteiger partial charge in [0.2, 0.25) is 15.9 Å². The summed E-state index contributed by atoms with van der Waals surface area (Å²) in [5, 5.41) is 2.89. The zero-order valence-electron chi connectivity index (χ0n) is 16.0. The molecule has 0 bridgehead atoms. The Labute approximate surface area is 166 Å². The molecule has 0 unspecified atom stereocenters. The van der Waals surface area contributed by atoms with E-state index in [1.165, 1.54) is 4.31 Å². The number of nitrogens with one attached hydrogen (secondary N) is 1. The van der Waals surface area contributed by atoms with Crippen LogP contribution in [-0.2, 0) is 20.6 Å². The number of carbonyl (C=O) groups excluding carboxylic acids is 1. The van der Waals surface area contributed by atoms with E-state index in [-0.39, 0.29) is 24.1 Å².